The summed E-state index contributed by atoms with van der Waals surface area (Å²) in [5.41, 5.74) is -0.201. The van der Waals surface area contributed by atoms with Crippen molar-refractivity contribution in [2.45, 2.75) is 131 Å². The predicted molar refractivity (Wildman–Crippen MR) is 109 cm³/mol. The van der Waals surface area contributed by atoms with Gasteiger partial charge in [0, 0.05) is 0 Å². The number of rotatable bonds is 14. The molecule has 0 aromatic rings. The highest BCUT2D eigenvalue weighted by Gasteiger charge is 2.37. The van der Waals surface area contributed by atoms with E-state index in [0.29, 0.717) is 17.3 Å². The van der Waals surface area contributed by atoms with Gasteiger partial charge in [0.2, 0.25) is 0 Å². The van der Waals surface area contributed by atoms with E-state index in [1.54, 1.807) is 0 Å². The predicted octanol–water partition coefficient (Wildman–Crippen LogP) is 7.76. The average molecular weight is 341 g/mol. The summed E-state index contributed by atoms with van der Waals surface area (Å²) in [7, 11) is 0. The maximum Gasteiger partial charge on any atom is 0.0696 e. The van der Waals surface area contributed by atoms with Gasteiger partial charge in [-0.1, -0.05) is 113 Å². The molecular weight excluding hydrogens is 292 g/mol. The van der Waals surface area contributed by atoms with E-state index in [4.69, 9.17) is 0 Å². The molecule has 1 heteroatoms. The van der Waals surface area contributed by atoms with Crippen LogP contribution in [0.4, 0.5) is 0 Å². The molecule has 1 nitrogen and oxygen atoms in total. The monoisotopic (exact) mass is 340 g/mol. The topological polar surface area (TPSA) is 20.2 Å². The third kappa shape index (κ3) is 10.7. The Bertz CT molecular complexity index is 289. The second-order valence-corrected chi connectivity index (χ2v) is 9.74. The Hall–Kier alpha value is -0.0400. The minimum atomic E-state index is -0.493. The van der Waals surface area contributed by atoms with Gasteiger partial charge < -0.3 is 5.11 Å². The fourth-order valence-electron chi connectivity index (χ4n) is 4.10. The van der Waals surface area contributed by atoms with Gasteiger partial charge in [-0.25, -0.2) is 0 Å². The van der Waals surface area contributed by atoms with Gasteiger partial charge in [-0.15, -0.1) is 0 Å². The second-order valence-electron chi connectivity index (χ2n) is 9.74. The zero-order valence-electron chi connectivity index (χ0n) is 18.1. The lowest BCUT2D eigenvalue weighted by molar-refractivity contribution is -0.0724. The summed E-state index contributed by atoms with van der Waals surface area (Å²) in [6.45, 7) is 15.8. The van der Waals surface area contributed by atoms with Crippen LogP contribution in [0.5, 0.6) is 0 Å². The summed E-state index contributed by atoms with van der Waals surface area (Å²) in [5, 5.41) is 11.2. The van der Waals surface area contributed by atoms with Crippen molar-refractivity contribution in [3.8, 4) is 0 Å². The highest BCUT2D eigenvalue weighted by Crippen LogP contribution is 2.38. The fourth-order valence-corrected chi connectivity index (χ4v) is 4.10. The Labute approximate surface area is 154 Å². The molecule has 0 spiro atoms. The molecule has 0 radical (unpaired) electrons. The molecule has 0 aromatic carbocycles. The normalized spacial score (nSPS) is 16.4. The van der Waals surface area contributed by atoms with Crippen LogP contribution >= 0.6 is 0 Å². The first-order chi connectivity index (χ1) is 11.1. The fraction of sp³-hybridized carbons (Fsp3) is 1.00. The number of unbranched alkanes of at least 4 members (excludes halogenated alkanes) is 9. The van der Waals surface area contributed by atoms with Gasteiger partial charge in [-0.2, -0.15) is 0 Å². The minimum Gasteiger partial charge on any atom is -0.389 e. The van der Waals surface area contributed by atoms with Crippen LogP contribution in [0.1, 0.15) is 126 Å². The van der Waals surface area contributed by atoms with Crippen LogP contribution in [0.25, 0.3) is 0 Å². The maximum absolute atomic E-state index is 11.2. The van der Waals surface area contributed by atoms with E-state index in [1.165, 1.54) is 64.2 Å². The third-order valence-corrected chi connectivity index (χ3v) is 5.70. The Morgan fingerprint density at radius 1 is 0.708 bits per heavy atom. The number of aliphatic hydroxyl groups is 1. The average Bonchev–Trinajstić information content (AvgIpc) is 2.46. The van der Waals surface area contributed by atoms with Crippen LogP contribution in [0, 0.1) is 17.3 Å². The molecule has 0 amide bonds. The first kappa shape index (κ1) is 24.0. The first-order valence-corrected chi connectivity index (χ1v) is 10.9. The SMILES string of the molecule is CCCCCCCCCCCCC(O)(C(C)C)C(C)CC(C)(C)C. The van der Waals surface area contributed by atoms with Crippen LogP contribution < -0.4 is 0 Å². The van der Waals surface area contributed by atoms with Crippen molar-refractivity contribution >= 4 is 0 Å². The first-order valence-electron chi connectivity index (χ1n) is 10.9. The van der Waals surface area contributed by atoms with Crippen LogP contribution in [-0.2, 0) is 0 Å². The summed E-state index contributed by atoms with van der Waals surface area (Å²) >= 11 is 0. The van der Waals surface area contributed by atoms with Gasteiger partial charge >= 0.3 is 0 Å². The van der Waals surface area contributed by atoms with Gasteiger partial charge in [0.1, 0.15) is 0 Å². The second kappa shape index (κ2) is 12.3. The molecule has 0 rings (SSSR count). The number of hydrogen-bond acceptors (Lipinski definition) is 1. The van der Waals surface area contributed by atoms with Crippen LogP contribution in [0.2, 0.25) is 0 Å². The van der Waals surface area contributed by atoms with Gasteiger partial charge in [0.15, 0.2) is 0 Å². The van der Waals surface area contributed by atoms with E-state index in [1.807, 2.05) is 0 Å². The Kier molecular flexibility index (Phi) is 12.3. The summed E-state index contributed by atoms with van der Waals surface area (Å²) in [5.74, 6) is 0.712. The van der Waals surface area contributed by atoms with Gasteiger partial charge in [-0.3, -0.25) is 0 Å². The highest BCUT2D eigenvalue weighted by molar-refractivity contribution is 4.89. The molecule has 0 aliphatic carbocycles. The van der Waals surface area contributed by atoms with Crippen LogP contribution in [0.3, 0.4) is 0 Å². The lowest BCUT2D eigenvalue weighted by Gasteiger charge is -2.41. The molecule has 146 valence electrons. The molecule has 1 N–H and O–H groups in total. The van der Waals surface area contributed by atoms with E-state index in [9.17, 15) is 5.11 Å². The van der Waals surface area contributed by atoms with Crippen molar-refractivity contribution in [3.05, 3.63) is 0 Å². The van der Waals surface area contributed by atoms with Crippen molar-refractivity contribution in [2.24, 2.45) is 17.3 Å². The molecule has 0 heterocycles. The summed E-state index contributed by atoms with van der Waals surface area (Å²) < 4.78 is 0. The largest absolute Gasteiger partial charge is 0.389 e. The lowest BCUT2D eigenvalue weighted by Crippen LogP contribution is -2.43. The molecule has 0 bridgehead atoms. The van der Waals surface area contributed by atoms with Crippen molar-refractivity contribution < 1.29 is 5.11 Å². The highest BCUT2D eigenvalue weighted by atomic mass is 16.3. The maximum atomic E-state index is 11.2. The quantitative estimate of drug-likeness (QED) is 0.320. The molecule has 24 heavy (non-hydrogen) atoms. The van der Waals surface area contributed by atoms with Crippen LogP contribution in [0.15, 0.2) is 0 Å². The van der Waals surface area contributed by atoms with Gasteiger partial charge in [0.05, 0.1) is 5.60 Å². The standard InChI is InChI=1S/C23H48O/c1-8-9-10-11-12-13-14-15-16-17-18-23(24,20(2)3)21(4)19-22(5,6)7/h20-21,24H,8-19H2,1-7H3. The van der Waals surface area contributed by atoms with Crippen molar-refractivity contribution in [1.29, 1.82) is 0 Å². The minimum absolute atomic E-state index is 0.292. The van der Waals surface area contributed by atoms with E-state index < -0.39 is 5.60 Å². The third-order valence-electron chi connectivity index (χ3n) is 5.70. The van der Waals surface area contributed by atoms with Crippen molar-refractivity contribution in [1.82, 2.24) is 0 Å². The zero-order chi connectivity index (χ0) is 18.6. The molecule has 0 saturated heterocycles. The molecule has 2 atom stereocenters. The summed E-state index contributed by atoms with van der Waals surface area (Å²) in [4.78, 5) is 0. The number of hydrogen-bond donors (Lipinski definition) is 1. The molecular formula is C23H48O. The van der Waals surface area contributed by atoms with E-state index in [-0.39, 0.29) is 0 Å². The van der Waals surface area contributed by atoms with Crippen LogP contribution in [-0.4, -0.2) is 10.7 Å². The Morgan fingerprint density at radius 2 is 1.12 bits per heavy atom. The summed E-state index contributed by atoms with van der Waals surface area (Å²) in [6.07, 6.45) is 15.7. The lowest BCUT2D eigenvalue weighted by atomic mass is 9.70. The van der Waals surface area contributed by atoms with Gasteiger partial charge in [-0.05, 0) is 30.1 Å². The van der Waals surface area contributed by atoms with E-state index >= 15 is 0 Å². The van der Waals surface area contributed by atoms with Crippen molar-refractivity contribution in [2.75, 3.05) is 0 Å². The molecule has 2 unspecified atom stereocenters. The molecule has 0 aliphatic heterocycles. The van der Waals surface area contributed by atoms with E-state index in [2.05, 4.69) is 48.5 Å². The molecule has 0 fully saturated rings. The van der Waals surface area contributed by atoms with Crippen molar-refractivity contribution in [3.63, 3.8) is 0 Å². The Balaban J connectivity index is 3.97. The zero-order valence-corrected chi connectivity index (χ0v) is 18.1. The van der Waals surface area contributed by atoms with E-state index in [0.717, 1.165) is 12.8 Å². The molecule has 0 saturated carbocycles. The summed E-state index contributed by atoms with van der Waals surface area (Å²) in [6, 6.07) is 0. The molecule has 0 aromatic heterocycles. The van der Waals surface area contributed by atoms with Gasteiger partial charge in [0.25, 0.3) is 0 Å². The smallest absolute Gasteiger partial charge is 0.0696 e. The molecule has 0 aliphatic rings. The Morgan fingerprint density at radius 3 is 1.50 bits per heavy atom.